The van der Waals surface area contributed by atoms with Gasteiger partial charge in [0.1, 0.15) is 18.0 Å². The smallest absolute Gasteiger partial charge is 0.145 e. The first-order valence-electron chi connectivity index (χ1n) is 6.05. The van der Waals surface area contributed by atoms with Crippen LogP contribution in [0, 0.1) is 28.5 Å². The van der Waals surface area contributed by atoms with Gasteiger partial charge in [0.2, 0.25) is 0 Å². The van der Waals surface area contributed by atoms with Crippen molar-refractivity contribution < 1.29 is 4.39 Å². The Morgan fingerprint density at radius 2 is 1.65 bits per heavy atom. The maximum Gasteiger partial charge on any atom is 0.145 e. The molecule has 0 aliphatic heterocycles. The summed E-state index contributed by atoms with van der Waals surface area (Å²) in [6.07, 6.45) is 0. The van der Waals surface area contributed by atoms with E-state index in [0.717, 1.165) is 5.69 Å². The SMILES string of the molecule is CN(Cc1cccc(C#N)c1F)c1ccccc1C#N. The van der Waals surface area contributed by atoms with Crippen LogP contribution in [-0.2, 0) is 6.54 Å². The number of benzene rings is 2. The monoisotopic (exact) mass is 265 g/mol. The van der Waals surface area contributed by atoms with E-state index in [2.05, 4.69) is 6.07 Å². The summed E-state index contributed by atoms with van der Waals surface area (Å²) >= 11 is 0. The molecular formula is C16H12FN3. The van der Waals surface area contributed by atoms with Gasteiger partial charge in [0.05, 0.1) is 16.8 Å². The lowest BCUT2D eigenvalue weighted by atomic mass is 10.1. The van der Waals surface area contributed by atoms with Gasteiger partial charge in [0.25, 0.3) is 0 Å². The van der Waals surface area contributed by atoms with Crippen LogP contribution >= 0.6 is 0 Å². The zero-order valence-corrected chi connectivity index (χ0v) is 11.0. The molecule has 0 aromatic heterocycles. The molecule has 0 atom stereocenters. The fraction of sp³-hybridized carbons (Fsp3) is 0.125. The van der Waals surface area contributed by atoms with Gasteiger partial charge in [-0.15, -0.1) is 0 Å². The van der Waals surface area contributed by atoms with E-state index < -0.39 is 5.82 Å². The van der Waals surface area contributed by atoms with E-state index in [-0.39, 0.29) is 5.56 Å². The van der Waals surface area contributed by atoms with Crippen molar-refractivity contribution in [1.29, 1.82) is 10.5 Å². The summed E-state index contributed by atoms with van der Waals surface area (Å²) in [4.78, 5) is 1.79. The fourth-order valence-corrected chi connectivity index (χ4v) is 2.03. The Bertz CT molecular complexity index is 710. The zero-order chi connectivity index (χ0) is 14.5. The van der Waals surface area contributed by atoms with Crippen molar-refractivity contribution in [2.24, 2.45) is 0 Å². The number of halogens is 1. The van der Waals surface area contributed by atoms with Crippen molar-refractivity contribution in [1.82, 2.24) is 0 Å². The Morgan fingerprint density at radius 1 is 1.00 bits per heavy atom. The van der Waals surface area contributed by atoms with Crippen molar-refractivity contribution >= 4 is 5.69 Å². The Balaban J connectivity index is 2.31. The average molecular weight is 265 g/mol. The van der Waals surface area contributed by atoms with E-state index in [0.29, 0.717) is 17.7 Å². The molecule has 4 heteroatoms. The van der Waals surface area contributed by atoms with Crippen LogP contribution in [-0.4, -0.2) is 7.05 Å². The topological polar surface area (TPSA) is 50.8 Å². The number of hydrogen-bond acceptors (Lipinski definition) is 3. The molecule has 0 amide bonds. The Hall–Kier alpha value is -2.85. The largest absolute Gasteiger partial charge is 0.369 e. The second-order valence-electron chi connectivity index (χ2n) is 4.38. The van der Waals surface area contributed by atoms with E-state index in [1.165, 1.54) is 6.07 Å². The first-order chi connectivity index (χ1) is 9.67. The van der Waals surface area contributed by atoms with E-state index in [1.54, 1.807) is 36.2 Å². The molecule has 0 saturated carbocycles. The minimum atomic E-state index is -0.503. The van der Waals surface area contributed by atoms with Crippen molar-refractivity contribution in [3.8, 4) is 12.1 Å². The van der Waals surface area contributed by atoms with Gasteiger partial charge in [-0.3, -0.25) is 0 Å². The summed E-state index contributed by atoms with van der Waals surface area (Å²) in [5.74, 6) is -0.503. The minimum absolute atomic E-state index is 0.0319. The highest BCUT2D eigenvalue weighted by molar-refractivity contribution is 5.59. The van der Waals surface area contributed by atoms with Gasteiger partial charge in [-0.2, -0.15) is 10.5 Å². The Kier molecular flexibility index (Phi) is 3.98. The summed E-state index contributed by atoms with van der Waals surface area (Å²) in [5, 5.41) is 17.9. The highest BCUT2D eigenvalue weighted by atomic mass is 19.1. The molecule has 0 unspecified atom stereocenters. The highest BCUT2D eigenvalue weighted by Crippen LogP contribution is 2.21. The molecule has 0 fully saturated rings. The molecule has 0 N–H and O–H groups in total. The third kappa shape index (κ3) is 2.60. The van der Waals surface area contributed by atoms with Crippen molar-refractivity contribution in [2.75, 3.05) is 11.9 Å². The lowest BCUT2D eigenvalue weighted by Crippen LogP contribution is -2.18. The standard InChI is InChI=1S/C16H12FN3/c1-20(15-8-3-2-5-12(15)9-18)11-14-7-4-6-13(10-19)16(14)17/h2-8H,11H2,1H3. The first-order valence-corrected chi connectivity index (χ1v) is 6.05. The highest BCUT2D eigenvalue weighted by Gasteiger charge is 2.12. The van der Waals surface area contributed by atoms with Crippen LogP contribution in [0.2, 0.25) is 0 Å². The second kappa shape index (κ2) is 5.86. The summed E-state index contributed by atoms with van der Waals surface area (Å²) in [6, 6.07) is 15.8. The predicted octanol–water partition coefficient (Wildman–Crippen LogP) is 3.21. The summed E-state index contributed by atoms with van der Waals surface area (Å²) in [5.41, 5.74) is 1.73. The van der Waals surface area contributed by atoms with Crippen molar-refractivity contribution in [3.63, 3.8) is 0 Å². The summed E-state index contributed by atoms with van der Waals surface area (Å²) < 4.78 is 14.0. The quantitative estimate of drug-likeness (QED) is 0.856. The molecule has 20 heavy (non-hydrogen) atoms. The van der Waals surface area contributed by atoms with Crippen molar-refractivity contribution in [2.45, 2.75) is 6.54 Å². The van der Waals surface area contributed by atoms with Gasteiger partial charge in [0.15, 0.2) is 0 Å². The van der Waals surface area contributed by atoms with E-state index in [1.807, 2.05) is 18.2 Å². The lowest BCUT2D eigenvalue weighted by Gasteiger charge is -2.21. The Labute approximate surface area is 117 Å². The normalized spacial score (nSPS) is 9.60. The van der Waals surface area contributed by atoms with Crippen LogP contribution in [0.1, 0.15) is 16.7 Å². The molecule has 0 saturated heterocycles. The molecule has 0 bridgehead atoms. The van der Waals surface area contributed by atoms with E-state index in [4.69, 9.17) is 10.5 Å². The third-order valence-electron chi connectivity index (χ3n) is 3.04. The molecule has 2 aromatic rings. The molecule has 0 aliphatic carbocycles. The average Bonchev–Trinajstić information content (AvgIpc) is 2.49. The van der Waals surface area contributed by atoms with Crippen LogP contribution in [0.4, 0.5) is 10.1 Å². The number of hydrogen-bond donors (Lipinski definition) is 0. The third-order valence-corrected chi connectivity index (χ3v) is 3.04. The second-order valence-corrected chi connectivity index (χ2v) is 4.38. The molecule has 2 aromatic carbocycles. The molecule has 98 valence electrons. The van der Waals surface area contributed by atoms with Gasteiger partial charge in [-0.05, 0) is 18.2 Å². The van der Waals surface area contributed by atoms with E-state index >= 15 is 0 Å². The maximum absolute atomic E-state index is 14.0. The Morgan fingerprint density at radius 3 is 2.35 bits per heavy atom. The van der Waals surface area contributed by atoms with Crippen LogP contribution in [0.25, 0.3) is 0 Å². The molecule has 3 nitrogen and oxygen atoms in total. The van der Waals surface area contributed by atoms with Gasteiger partial charge >= 0.3 is 0 Å². The summed E-state index contributed by atoms with van der Waals surface area (Å²) in [6.45, 7) is 0.292. The van der Waals surface area contributed by atoms with Crippen molar-refractivity contribution in [3.05, 3.63) is 65.0 Å². The first kappa shape index (κ1) is 13.6. The van der Waals surface area contributed by atoms with Gasteiger partial charge in [-0.1, -0.05) is 24.3 Å². The predicted molar refractivity (Wildman–Crippen MR) is 74.4 cm³/mol. The number of nitrogens with zero attached hydrogens (tertiary/aromatic N) is 3. The molecule has 0 heterocycles. The number of rotatable bonds is 3. The fourth-order valence-electron chi connectivity index (χ4n) is 2.03. The molecule has 0 radical (unpaired) electrons. The van der Waals surface area contributed by atoms with Crippen LogP contribution in [0.3, 0.4) is 0 Å². The maximum atomic E-state index is 14.0. The zero-order valence-electron chi connectivity index (χ0n) is 11.0. The minimum Gasteiger partial charge on any atom is -0.369 e. The van der Waals surface area contributed by atoms with E-state index in [9.17, 15) is 4.39 Å². The lowest BCUT2D eigenvalue weighted by molar-refractivity contribution is 0.604. The molecule has 0 aliphatic rings. The number of para-hydroxylation sites is 1. The number of nitriles is 2. The van der Waals surface area contributed by atoms with Gasteiger partial charge in [-0.25, -0.2) is 4.39 Å². The molecule has 0 spiro atoms. The number of anilines is 1. The van der Waals surface area contributed by atoms with Gasteiger partial charge < -0.3 is 4.90 Å². The molecule has 2 rings (SSSR count). The van der Waals surface area contributed by atoms with Gasteiger partial charge in [0, 0.05) is 19.2 Å². The van der Waals surface area contributed by atoms with Crippen LogP contribution in [0.15, 0.2) is 42.5 Å². The summed E-state index contributed by atoms with van der Waals surface area (Å²) in [7, 11) is 1.79. The molecular weight excluding hydrogens is 253 g/mol. The van der Waals surface area contributed by atoms with Crippen LogP contribution in [0.5, 0.6) is 0 Å². The van der Waals surface area contributed by atoms with Crippen LogP contribution < -0.4 is 4.90 Å².